The fraction of sp³-hybridized carbons (Fsp3) is 0.562. The van der Waals surface area contributed by atoms with Crippen LogP contribution in [0, 0.1) is 6.92 Å². The molecular formula is C16H26N2O3. The van der Waals surface area contributed by atoms with Gasteiger partial charge >= 0.3 is 0 Å². The van der Waals surface area contributed by atoms with Gasteiger partial charge in [0.1, 0.15) is 18.5 Å². The molecule has 0 aliphatic carbocycles. The van der Waals surface area contributed by atoms with Crippen LogP contribution in [-0.4, -0.2) is 42.9 Å². The first-order valence-electron chi connectivity index (χ1n) is 7.41. The van der Waals surface area contributed by atoms with E-state index < -0.39 is 6.10 Å². The van der Waals surface area contributed by atoms with E-state index in [0.29, 0.717) is 13.1 Å². The predicted molar refractivity (Wildman–Crippen MR) is 83.4 cm³/mol. The van der Waals surface area contributed by atoms with Gasteiger partial charge in [0.05, 0.1) is 6.04 Å². The maximum Gasteiger partial charge on any atom is 0.236 e. The molecule has 118 valence electrons. The second kappa shape index (κ2) is 9.37. The molecule has 0 fully saturated rings. The largest absolute Gasteiger partial charge is 0.491 e. The number of benzene rings is 1. The van der Waals surface area contributed by atoms with E-state index >= 15 is 0 Å². The van der Waals surface area contributed by atoms with Crippen LogP contribution in [0.25, 0.3) is 0 Å². The number of nitrogens with one attached hydrogen (secondary N) is 2. The normalized spacial score (nSPS) is 13.5. The summed E-state index contributed by atoms with van der Waals surface area (Å²) in [4.78, 5) is 11.6. The summed E-state index contributed by atoms with van der Waals surface area (Å²) in [5.41, 5.74) is 1.16. The van der Waals surface area contributed by atoms with E-state index in [2.05, 4.69) is 10.6 Å². The number of hydrogen-bond donors (Lipinski definition) is 3. The molecule has 0 aliphatic heterocycles. The summed E-state index contributed by atoms with van der Waals surface area (Å²) in [6, 6.07) is 7.33. The highest BCUT2D eigenvalue weighted by molar-refractivity contribution is 5.81. The van der Waals surface area contributed by atoms with E-state index in [-0.39, 0.29) is 18.6 Å². The van der Waals surface area contributed by atoms with Crippen LogP contribution in [0.15, 0.2) is 24.3 Å². The number of carbonyl (C=O) groups excluding carboxylic acids is 1. The molecule has 21 heavy (non-hydrogen) atoms. The third kappa shape index (κ3) is 7.11. The van der Waals surface area contributed by atoms with E-state index in [1.807, 2.05) is 38.1 Å². The quantitative estimate of drug-likeness (QED) is 0.641. The number of aryl methyl sites for hydroxylation is 1. The highest BCUT2D eigenvalue weighted by atomic mass is 16.5. The molecule has 5 heteroatoms. The van der Waals surface area contributed by atoms with Crippen molar-refractivity contribution in [3.8, 4) is 5.75 Å². The SMILES string of the molecule is CCCNC(=O)C(C)NCC(O)COc1ccc(C)cc1. The lowest BCUT2D eigenvalue weighted by Crippen LogP contribution is -2.45. The minimum absolute atomic E-state index is 0.0523. The second-order valence-corrected chi connectivity index (χ2v) is 5.20. The van der Waals surface area contributed by atoms with Crippen LogP contribution in [0.4, 0.5) is 0 Å². The van der Waals surface area contributed by atoms with E-state index in [9.17, 15) is 9.90 Å². The van der Waals surface area contributed by atoms with Crippen LogP contribution < -0.4 is 15.4 Å². The zero-order valence-electron chi connectivity index (χ0n) is 13.1. The number of ether oxygens (including phenoxy) is 1. The van der Waals surface area contributed by atoms with Crippen LogP contribution >= 0.6 is 0 Å². The summed E-state index contributed by atoms with van der Waals surface area (Å²) in [5, 5.41) is 15.7. The molecule has 0 radical (unpaired) electrons. The van der Waals surface area contributed by atoms with Gasteiger partial charge in [-0.05, 0) is 32.4 Å². The molecule has 0 aromatic heterocycles. The molecule has 1 aromatic carbocycles. The van der Waals surface area contributed by atoms with Crippen LogP contribution in [0.1, 0.15) is 25.8 Å². The van der Waals surface area contributed by atoms with Crippen molar-refractivity contribution in [2.45, 2.75) is 39.3 Å². The third-order valence-electron chi connectivity index (χ3n) is 3.07. The Morgan fingerprint density at radius 3 is 2.62 bits per heavy atom. The maximum absolute atomic E-state index is 11.6. The van der Waals surface area contributed by atoms with Gasteiger partial charge in [-0.1, -0.05) is 24.6 Å². The lowest BCUT2D eigenvalue weighted by molar-refractivity contribution is -0.122. The molecule has 0 saturated carbocycles. The Morgan fingerprint density at radius 2 is 2.00 bits per heavy atom. The number of amides is 1. The lowest BCUT2D eigenvalue weighted by atomic mass is 10.2. The summed E-state index contributed by atoms with van der Waals surface area (Å²) in [5.74, 6) is 0.678. The van der Waals surface area contributed by atoms with Crippen LogP contribution in [-0.2, 0) is 4.79 Å². The Morgan fingerprint density at radius 1 is 1.33 bits per heavy atom. The smallest absolute Gasteiger partial charge is 0.236 e. The van der Waals surface area contributed by atoms with Crippen LogP contribution in [0.2, 0.25) is 0 Å². The van der Waals surface area contributed by atoms with Gasteiger partial charge < -0.3 is 20.5 Å². The van der Waals surface area contributed by atoms with E-state index in [0.717, 1.165) is 17.7 Å². The molecule has 0 aliphatic rings. The average Bonchev–Trinajstić information content (AvgIpc) is 2.49. The molecule has 1 amide bonds. The minimum Gasteiger partial charge on any atom is -0.491 e. The summed E-state index contributed by atoms with van der Waals surface area (Å²) in [6.07, 6.45) is 0.249. The first kappa shape index (κ1) is 17.5. The summed E-state index contributed by atoms with van der Waals surface area (Å²) >= 11 is 0. The van der Waals surface area contributed by atoms with Crippen molar-refractivity contribution in [1.82, 2.24) is 10.6 Å². The van der Waals surface area contributed by atoms with Crippen molar-refractivity contribution in [1.29, 1.82) is 0 Å². The zero-order valence-corrected chi connectivity index (χ0v) is 13.1. The third-order valence-corrected chi connectivity index (χ3v) is 3.07. The highest BCUT2D eigenvalue weighted by Crippen LogP contribution is 2.11. The Bertz CT molecular complexity index is 420. The average molecular weight is 294 g/mol. The molecule has 0 spiro atoms. The predicted octanol–water partition coefficient (Wildman–Crippen LogP) is 1.24. The van der Waals surface area contributed by atoms with Crippen molar-refractivity contribution in [3.63, 3.8) is 0 Å². The van der Waals surface area contributed by atoms with Crippen molar-refractivity contribution >= 4 is 5.91 Å². The van der Waals surface area contributed by atoms with E-state index in [1.165, 1.54) is 0 Å². The highest BCUT2D eigenvalue weighted by Gasteiger charge is 2.13. The van der Waals surface area contributed by atoms with Gasteiger partial charge in [0.2, 0.25) is 5.91 Å². The zero-order chi connectivity index (χ0) is 15.7. The first-order valence-corrected chi connectivity index (χ1v) is 7.41. The van der Waals surface area contributed by atoms with E-state index in [4.69, 9.17) is 4.74 Å². The number of aliphatic hydroxyl groups is 1. The molecule has 0 saturated heterocycles. The molecule has 0 bridgehead atoms. The fourth-order valence-electron chi connectivity index (χ4n) is 1.69. The second-order valence-electron chi connectivity index (χ2n) is 5.20. The molecule has 5 nitrogen and oxygen atoms in total. The molecule has 3 N–H and O–H groups in total. The van der Waals surface area contributed by atoms with Gasteiger partial charge in [0.25, 0.3) is 0 Å². The number of hydrogen-bond acceptors (Lipinski definition) is 4. The topological polar surface area (TPSA) is 70.6 Å². The summed E-state index contributed by atoms with van der Waals surface area (Å²) in [6.45, 7) is 6.96. The van der Waals surface area contributed by atoms with Gasteiger partial charge in [0, 0.05) is 13.1 Å². The fourth-order valence-corrected chi connectivity index (χ4v) is 1.69. The van der Waals surface area contributed by atoms with Gasteiger partial charge in [0.15, 0.2) is 0 Å². The van der Waals surface area contributed by atoms with Crippen LogP contribution in [0.5, 0.6) is 5.75 Å². The molecule has 0 heterocycles. The Hall–Kier alpha value is -1.59. The molecule has 1 aromatic rings. The van der Waals surface area contributed by atoms with Crippen molar-refractivity contribution in [3.05, 3.63) is 29.8 Å². The number of rotatable bonds is 9. The van der Waals surface area contributed by atoms with E-state index in [1.54, 1.807) is 6.92 Å². The van der Waals surface area contributed by atoms with Crippen molar-refractivity contribution < 1.29 is 14.6 Å². The first-order chi connectivity index (χ1) is 10.0. The van der Waals surface area contributed by atoms with Crippen molar-refractivity contribution in [2.75, 3.05) is 19.7 Å². The molecule has 1 rings (SSSR count). The van der Waals surface area contributed by atoms with Gasteiger partial charge in [-0.25, -0.2) is 0 Å². The van der Waals surface area contributed by atoms with Crippen LogP contribution in [0.3, 0.4) is 0 Å². The maximum atomic E-state index is 11.6. The standard InChI is InChI=1S/C16H26N2O3/c1-4-9-17-16(20)13(3)18-10-14(19)11-21-15-7-5-12(2)6-8-15/h5-8,13-14,18-19H,4,9-11H2,1-3H3,(H,17,20). The number of aliphatic hydroxyl groups excluding tert-OH is 1. The Kier molecular flexibility index (Phi) is 7.79. The summed E-state index contributed by atoms with van der Waals surface area (Å²) < 4.78 is 5.49. The monoisotopic (exact) mass is 294 g/mol. The van der Waals surface area contributed by atoms with Gasteiger partial charge in [-0.3, -0.25) is 4.79 Å². The van der Waals surface area contributed by atoms with Gasteiger partial charge in [-0.2, -0.15) is 0 Å². The molecule has 2 atom stereocenters. The Labute approximate surface area is 126 Å². The molecular weight excluding hydrogens is 268 g/mol. The van der Waals surface area contributed by atoms with Gasteiger partial charge in [-0.15, -0.1) is 0 Å². The molecule has 2 unspecified atom stereocenters. The summed E-state index contributed by atoms with van der Waals surface area (Å²) in [7, 11) is 0. The van der Waals surface area contributed by atoms with Crippen molar-refractivity contribution in [2.24, 2.45) is 0 Å². The lowest BCUT2D eigenvalue weighted by Gasteiger charge is -2.17. The Balaban J connectivity index is 2.22. The minimum atomic E-state index is -0.660. The number of carbonyl (C=O) groups is 1.